The fourth-order valence-electron chi connectivity index (χ4n) is 2.56. The van der Waals surface area contributed by atoms with Gasteiger partial charge in [0.05, 0.1) is 5.56 Å². The third kappa shape index (κ3) is 2.59. The summed E-state index contributed by atoms with van der Waals surface area (Å²) in [6, 6.07) is 4.57. The summed E-state index contributed by atoms with van der Waals surface area (Å²) in [5.74, 6) is -0.457. The normalized spacial score (nSPS) is 19.0. The fraction of sp³-hybridized carbons (Fsp3) is 0.500. The molecule has 0 amide bonds. The maximum atomic E-state index is 13.7. The van der Waals surface area contributed by atoms with E-state index < -0.39 is 5.82 Å². The lowest BCUT2D eigenvalue weighted by Gasteiger charge is -2.32. The molecular formula is C14H16BrFO. The molecule has 0 aliphatic heterocycles. The van der Waals surface area contributed by atoms with Crippen LogP contribution in [0.4, 0.5) is 4.39 Å². The van der Waals surface area contributed by atoms with Crippen LogP contribution in [0, 0.1) is 11.2 Å². The molecule has 0 atom stereocenters. The predicted molar refractivity (Wildman–Crippen MR) is 69.6 cm³/mol. The molecule has 0 heterocycles. The summed E-state index contributed by atoms with van der Waals surface area (Å²) in [6.45, 7) is 1.97. The molecule has 1 aromatic rings. The van der Waals surface area contributed by atoms with Gasteiger partial charge in [0, 0.05) is 9.89 Å². The van der Waals surface area contributed by atoms with Crippen LogP contribution < -0.4 is 0 Å². The highest BCUT2D eigenvalue weighted by molar-refractivity contribution is 9.10. The molecule has 0 radical (unpaired) electrons. The van der Waals surface area contributed by atoms with Crippen LogP contribution in [-0.4, -0.2) is 5.78 Å². The lowest BCUT2D eigenvalue weighted by molar-refractivity contribution is 0.0745. The Bertz CT molecular complexity index is 436. The van der Waals surface area contributed by atoms with E-state index in [2.05, 4.69) is 15.9 Å². The van der Waals surface area contributed by atoms with Crippen LogP contribution >= 0.6 is 15.9 Å². The van der Waals surface area contributed by atoms with Crippen molar-refractivity contribution in [3.63, 3.8) is 0 Å². The number of hydrogen-bond acceptors (Lipinski definition) is 1. The molecule has 2 rings (SSSR count). The van der Waals surface area contributed by atoms with Gasteiger partial charge < -0.3 is 0 Å². The van der Waals surface area contributed by atoms with Crippen molar-refractivity contribution in [1.82, 2.24) is 0 Å². The number of benzene rings is 1. The van der Waals surface area contributed by atoms with Gasteiger partial charge in [0.15, 0.2) is 5.78 Å². The number of halogens is 2. The van der Waals surface area contributed by atoms with Crippen molar-refractivity contribution in [3.05, 3.63) is 34.1 Å². The van der Waals surface area contributed by atoms with Gasteiger partial charge in [-0.25, -0.2) is 4.39 Å². The topological polar surface area (TPSA) is 17.1 Å². The summed E-state index contributed by atoms with van der Waals surface area (Å²) in [6.07, 6.45) is 5.06. The first-order chi connectivity index (χ1) is 8.03. The minimum atomic E-state index is -0.412. The zero-order chi connectivity index (χ0) is 12.5. The molecule has 1 nitrogen and oxygen atoms in total. The molecule has 0 saturated heterocycles. The zero-order valence-electron chi connectivity index (χ0n) is 9.93. The van der Waals surface area contributed by atoms with Crippen LogP contribution in [0.3, 0.4) is 0 Å². The van der Waals surface area contributed by atoms with Crippen molar-refractivity contribution in [1.29, 1.82) is 0 Å². The van der Waals surface area contributed by atoms with Gasteiger partial charge in [0.25, 0.3) is 0 Å². The summed E-state index contributed by atoms with van der Waals surface area (Å²) in [7, 11) is 0. The number of ketones is 1. The van der Waals surface area contributed by atoms with Crippen molar-refractivity contribution in [3.8, 4) is 0 Å². The lowest BCUT2D eigenvalue weighted by atomic mass is 9.71. The van der Waals surface area contributed by atoms with Gasteiger partial charge in [-0.3, -0.25) is 4.79 Å². The molecule has 92 valence electrons. The van der Waals surface area contributed by atoms with Crippen LogP contribution in [0.2, 0.25) is 0 Å². The third-order valence-electron chi connectivity index (χ3n) is 3.68. The Morgan fingerprint density at radius 2 is 1.94 bits per heavy atom. The molecule has 3 heteroatoms. The van der Waals surface area contributed by atoms with Gasteiger partial charge in [-0.1, -0.05) is 42.1 Å². The predicted octanol–water partition coefficient (Wildman–Crippen LogP) is 4.74. The van der Waals surface area contributed by atoms with E-state index in [4.69, 9.17) is 0 Å². The van der Waals surface area contributed by atoms with E-state index in [1.54, 1.807) is 12.1 Å². The number of Topliss-reactive ketones (excluding diaryl/α,β-unsaturated/α-hetero) is 1. The summed E-state index contributed by atoms with van der Waals surface area (Å²) in [5, 5.41) is 0. The molecule has 0 spiro atoms. The summed E-state index contributed by atoms with van der Waals surface area (Å²) < 4.78 is 14.5. The number of hydrogen-bond donors (Lipinski definition) is 0. The maximum Gasteiger partial charge on any atom is 0.171 e. The van der Waals surface area contributed by atoms with Gasteiger partial charge in [0.1, 0.15) is 5.82 Å². The summed E-state index contributed by atoms with van der Waals surface area (Å²) in [4.78, 5) is 12.4. The quantitative estimate of drug-likeness (QED) is 0.721. The minimum absolute atomic E-state index is 0.0454. The second-order valence-electron chi connectivity index (χ2n) is 5.07. The molecule has 1 aliphatic carbocycles. The van der Waals surface area contributed by atoms with E-state index in [-0.39, 0.29) is 16.8 Å². The molecular weight excluding hydrogens is 283 g/mol. The van der Waals surface area contributed by atoms with Crippen LogP contribution in [-0.2, 0) is 0 Å². The third-order valence-corrected chi connectivity index (χ3v) is 4.17. The average molecular weight is 299 g/mol. The smallest absolute Gasteiger partial charge is 0.171 e. The van der Waals surface area contributed by atoms with Crippen molar-refractivity contribution in [2.45, 2.75) is 39.0 Å². The second kappa shape index (κ2) is 4.89. The van der Waals surface area contributed by atoms with Gasteiger partial charge in [-0.2, -0.15) is 0 Å². The van der Waals surface area contributed by atoms with E-state index in [1.165, 1.54) is 12.5 Å². The van der Waals surface area contributed by atoms with Crippen LogP contribution in [0.15, 0.2) is 22.7 Å². The van der Waals surface area contributed by atoms with Crippen molar-refractivity contribution in [2.24, 2.45) is 5.41 Å². The number of carbonyl (C=O) groups is 1. The van der Waals surface area contributed by atoms with E-state index in [0.717, 1.165) is 30.2 Å². The molecule has 0 N–H and O–H groups in total. The van der Waals surface area contributed by atoms with Gasteiger partial charge >= 0.3 is 0 Å². The molecule has 17 heavy (non-hydrogen) atoms. The Kier molecular flexibility index (Phi) is 3.67. The van der Waals surface area contributed by atoms with Crippen LogP contribution in [0.5, 0.6) is 0 Å². The average Bonchev–Trinajstić information content (AvgIpc) is 2.32. The number of carbonyl (C=O) groups excluding carboxylic acids is 1. The highest BCUT2D eigenvalue weighted by atomic mass is 79.9. The highest BCUT2D eigenvalue weighted by Crippen LogP contribution is 2.39. The minimum Gasteiger partial charge on any atom is -0.293 e. The van der Waals surface area contributed by atoms with E-state index in [1.807, 2.05) is 6.92 Å². The summed E-state index contributed by atoms with van der Waals surface area (Å²) in [5.41, 5.74) is -0.149. The monoisotopic (exact) mass is 298 g/mol. The lowest BCUT2D eigenvalue weighted by Crippen LogP contribution is -2.31. The first-order valence-corrected chi connectivity index (χ1v) is 6.82. The standard InChI is InChI=1S/C14H16BrFO/c1-14(7-3-2-4-8-14)13(17)11-9-10(15)5-6-12(11)16/h5-6,9H,2-4,7-8H2,1H3. The fourth-order valence-corrected chi connectivity index (χ4v) is 2.92. The van der Waals surface area contributed by atoms with E-state index >= 15 is 0 Å². The molecule has 0 bridgehead atoms. The van der Waals surface area contributed by atoms with Crippen LogP contribution in [0.25, 0.3) is 0 Å². The van der Waals surface area contributed by atoms with E-state index in [9.17, 15) is 9.18 Å². The molecule has 1 fully saturated rings. The van der Waals surface area contributed by atoms with Crippen molar-refractivity contribution in [2.75, 3.05) is 0 Å². The van der Waals surface area contributed by atoms with Crippen LogP contribution in [0.1, 0.15) is 49.4 Å². The van der Waals surface area contributed by atoms with Crippen molar-refractivity contribution >= 4 is 21.7 Å². The molecule has 0 unspecified atom stereocenters. The Hall–Kier alpha value is -0.700. The van der Waals surface area contributed by atoms with E-state index in [0.29, 0.717) is 0 Å². The first kappa shape index (κ1) is 12.7. The second-order valence-corrected chi connectivity index (χ2v) is 5.99. The first-order valence-electron chi connectivity index (χ1n) is 6.03. The molecule has 1 aliphatic rings. The highest BCUT2D eigenvalue weighted by Gasteiger charge is 2.36. The van der Waals surface area contributed by atoms with Gasteiger partial charge in [-0.05, 0) is 31.0 Å². The van der Waals surface area contributed by atoms with Gasteiger partial charge in [0.2, 0.25) is 0 Å². The van der Waals surface area contributed by atoms with Crippen molar-refractivity contribution < 1.29 is 9.18 Å². The SMILES string of the molecule is CC1(C(=O)c2cc(Br)ccc2F)CCCCC1. The molecule has 1 saturated carbocycles. The largest absolute Gasteiger partial charge is 0.293 e. The Morgan fingerprint density at radius 1 is 1.29 bits per heavy atom. The molecule has 1 aromatic carbocycles. The maximum absolute atomic E-state index is 13.7. The number of rotatable bonds is 2. The Balaban J connectivity index is 2.32. The zero-order valence-corrected chi connectivity index (χ0v) is 11.5. The summed E-state index contributed by atoms with van der Waals surface area (Å²) >= 11 is 3.29. The molecule has 0 aromatic heterocycles. The van der Waals surface area contributed by atoms with Gasteiger partial charge in [-0.15, -0.1) is 0 Å². The Labute approximate surface area is 110 Å². The Morgan fingerprint density at radius 3 is 2.59 bits per heavy atom.